The highest BCUT2D eigenvalue weighted by Crippen LogP contribution is 2.66. The van der Waals surface area contributed by atoms with Crippen LogP contribution in [0.15, 0.2) is 42.5 Å². The molecule has 4 heteroatoms. The number of carboxylic acid groups (broad SMARTS) is 1. The van der Waals surface area contributed by atoms with Gasteiger partial charge in [0.15, 0.2) is 0 Å². The Morgan fingerprint density at radius 2 is 2.03 bits per heavy atom. The van der Waals surface area contributed by atoms with Gasteiger partial charge in [-0.15, -0.1) is 0 Å². The number of fused-ring (bicyclic) bond motifs is 1. The van der Waals surface area contributed by atoms with Gasteiger partial charge in [0.05, 0.1) is 11.5 Å². The molecule has 0 aromatic heterocycles. The Labute approximate surface area is 170 Å². The molecule has 1 saturated carbocycles. The standard InChI is InChI=1S/C25H24FNO2/c26-23-4-2-1-3-17(23)7-5-16-6-9-19-18(13-16)8-10-20(19)22-14-25(22)15-27-12-11-21(25)24(28)29/h1-4,6,9,13,20-22,27H,8,10-12,14-15H2,(H,28,29). The second kappa shape index (κ2) is 7.00. The number of carbonyl (C=O) groups is 1. The normalized spacial score (nSPS) is 29.8. The fourth-order valence-electron chi connectivity index (χ4n) is 5.69. The fourth-order valence-corrected chi connectivity index (χ4v) is 5.69. The molecule has 1 saturated heterocycles. The van der Waals surface area contributed by atoms with E-state index in [0.717, 1.165) is 44.3 Å². The number of carboxylic acids is 1. The van der Waals surface area contributed by atoms with Crippen LogP contribution in [0.1, 0.15) is 47.4 Å². The van der Waals surface area contributed by atoms with Gasteiger partial charge in [0.1, 0.15) is 5.82 Å². The molecule has 0 amide bonds. The van der Waals surface area contributed by atoms with Crippen LogP contribution >= 0.6 is 0 Å². The van der Waals surface area contributed by atoms with Gasteiger partial charge in [-0.05, 0) is 84.9 Å². The number of hydrogen-bond acceptors (Lipinski definition) is 2. The highest BCUT2D eigenvalue weighted by atomic mass is 19.1. The maximum atomic E-state index is 13.8. The van der Waals surface area contributed by atoms with Gasteiger partial charge in [0, 0.05) is 12.1 Å². The van der Waals surface area contributed by atoms with E-state index >= 15 is 0 Å². The Morgan fingerprint density at radius 3 is 2.86 bits per heavy atom. The third-order valence-electron chi connectivity index (χ3n) is 7.20. The van der Waals surface area contributed by atoms with Crippen LogP contribution < -0.4 is 5.32 Å². The van der Waals surface area contributed by atoms with Crippen LogP contribution in [0, 0.1) is 34.9 Å². The van der Waals surface area contributed by atoms with Gasteiger partial charge in [0.2, 0.25) is 0 Å². The summed E-state index contributed by atoms with van der Waals surface area (Å²) in [5, 5.41) is 13.1. The number of aliphatic carboxylic acids is 1. The first-order chi connectivity index (χ1) is 14.1. The third kappa shape index (κ3) is 3.14. The minimum absolute atomic E-state index is 0.0698. The second-order valence-corrected chi connectivity index (χ2v) is 8.69. The molecule has 1 aliphatic heterocycles. The molecule has 0 bridgehead atoms. The van der Waals surface area contributed by atoms with Gasteiger partial charge < -0.3 is 10.4 Å². The summed E-state index contributed by atoms with van der Waals surface area (Å²) in [5.41, 5.74) is 3.92. The Hall–Kier alpha value is -2.64. The Bertz CT molecular complexity index is 1040. The molecular formula is C25H24FNO2. The molecule has 148 valence electrons. The third-order valence-corrected chi connectivity index (χ3v) is 7.20. The Balaban J connectivity index is 1.37. The number of aryl methyl sites for hydroxylation is 1. The van der Waals surface area contributed by atoms with Gasteiger partial charge in [-0.2, -0.15) is 0 Å². The zero-order chi connectivity index (χ0) is 20.0. The molecular weight excluding hydrogens is 365 g/mol. The van der Waals surface area contributed by atoms with Crippen LogP contribution in [0.5, 0.6) is 0 Å². The predicted octanol–water partition coefficient (Wildman–Crippen LogP) is 3.96. The number of halogens is 1. The van der Waals surface area contributed by atoms with Crippen LogP contribution in [0.3, 0.4) is 0 Å². The summed E-state index contributed by atoms with van der Waals surface area (Å²) in [6.07, 6.45) is 3.83. The van der Waals surface area contributed by atoms with Gasteiger partial charge in [-0.1, -0.05) is 30.0 Å². The lowest BCUT2D eigenvalue weighted by molar-refractivity contribution is -0.145. The highest BCUT2D eigenvalue weighted by Gasteiger charge is 2.64. The fraction of sp³-hybridized carbons (Fsp3) is 0.400. The van der Waals surface area contributed by atoms with Crippen molar-refractivity contribution in [1.82, 2.24) is 5.32 Å². The molecule has 2 aromatic carbocycles. The number of rotatable bonds is 2. The summed E-state index contributed by atoms with van der Waals surface area (Å²) in [7, 11) is 0. The van der Waals surface area contributed by atoms with Gasteiger partial charge >= 0.3 is 5.97 Å². The van der Waals surface area contributed by atoms with E-state index in [1.807, 2.05) is 6.07 Å². The van der Waals surface area contributed by atoms with Crippen LogP contribution in [0.4, 0.5) is 4.39 Å². The summed E-state index contributed by atoms with van der Waals surface area (Å²) in [6.45, 7) is 1.63. The summed E-state index contributed by atoms with van der Waals surface area (Å²) in [6, 6.07) is 12.9. The summed E-state index contributed by atoms with van der Waals surface area (Å²) >= 11 is 0. The largest absolute Gasteiger partial charge is 0.481 e. The van der Waals surface area contributed by atoms with E-state index in [2.05, 4.69) is 29.3 Å². The molecule has 3 aliphatic rings. The van der Waals surface area contributed by atoms with E-state index in [1.54, 1.807) is 18.2 Å². The van der Waals surface area contributed by atoms with Gasteiger partial charge in [-0.25, -0.2) is 4.39 Å². The number of benzene rings is 2. The maximum Gasteiger partial charge on any atom is 0.307 e. The minimum atomic E-state index is -0.633. The van der Waals surface area contributed by atoms with Crippen molar-refractivity contribution in [2.45, 2.75) is 31.6 Å². The van der Waals surface area contributed by atoms with Crippen LogP contribution in [-0.4, -0.2) is 24.2 Å². The van der Waals surface area contributed by atoms with Crippen LogP contribution in [0.2, 0.25) is 0 Å². The van der Waals surface area contributed by atoms with Crippen LogP contribution in [0.25, 0.3) is 0 Å². The lowest BCUT2D eigenvalue weighted by Crippen LogP contribution is -2.43. The molecule has 3 nitrogen and oxygen atoms in total. The quantitative estimate of drug-likeness (QED) is 0.765. The van der Waals surface area contributed by atoms with Crippen molar-refractivity contribution in [3.8, 4) is 11.8 Å². The molecule has 2 fully saturated rings. The average molecular weight is 389 g/mol. The molecule has 4 unspecified atom stereocenters. The smallest absolute Gasteiger partial charge is 0.307 e. The lowest BCUT2D eigenvalue weighted by Gasteiger charge is -2.32. The van der Waals surface area contributed by atoms with Crippen molar-refractivity contribution in [3.05, 3.63) is 70.5 Å². The van der Waals surface area contributed by atoms with E-state index in [0.29, 0.717) is 17.4 Å². The number of piperidine rings is 1. The van der Waals surface area contributed by atoms with Crippen molar-refractivity contribution in [3.63, 3.8) is 0 Å². The Morgan fingerprint density at radius 1 is 1.17 bits per heavy atom. The highest BCUT2D eigenvalue weighted by molar-refractivity contribution is 5.72. The zero-order valence-electron chi connectivity index (χ0n) is 16.2. The predicted molar refractivity (Wildman–Crippen MR) is 109 cm³/mol. The molecule has 0 radical (unpaired) electrons. The molecule has 1 spiro atoms. The van der Waals surface area contributed by atoms with E-state index < -0.39 is 5.97 Å². The molecule has 2 aliphatic carbocycles. The topological polar surface area (TPSA) is 49.3 Å². The number of hydrogen-bond donors (Lipinski definition) is 2. The lowest BCUT2D eigenvalue weighted by atomic mass is 9.78. The average Bonchev–Trinajstić information content (AvgIpc) is 3.25. The molecule has 2 aromatic rings. The van der Waals surface area contributed by atoms with Crippen molar-refractivity contribution in [1.29, 1.82) is 0 Å². The molecule has 5 rings (SSSR count). The molecule has 4 atom stereocenters. The Kier molecular flexibility index (Phi) is 4.44. The van der Waals surface area contributed by atoms with Crippen LogP contribution in [-0.2, 0) is 11.2 Å². The zero-order valence-corrected chi connectivity index (χ0v) is 16.2. The number of nitrogens with one attached hydrogen (secondary N) is 1. The van der Waals surface area contributed by atoms with E-state index in [1.165, 1.54) is 17.2 Å². The molecule has 29 heavy (non-hydrogen) atoms. The molecule has 2 N–H and O–H groups in total. The van der Waals surface area contributed by atoms with Crippen molar-refractivity contribution < 1.29 is 14.3 Å². The summed E-state index contributed by atoms with van der Waals surface area (Å²) in [4.78, 5) is 11.8. The monoisotopic (exact) mass is 389 g/mol. The van der Waals surface area contributed by atoms with E-state index in [9.17, 15) is 14.3 Å². The van der Waals surface area contributed by atoms with Gasteiger partial charge in [0.25, 0.3) is 0 Å². The van der Waals surface area contributed by atoms with Crippen molar-refractivity contribution in [2.24, 2.45) is 17.3 Å². The second-order valence-electron chi connectivity index (χ2n) is 8.69. The SMILES string of the molecule is O=C(O)C1CCNCC12CC2C1CCc2cc(C#Cc3ccccc3F)ccc21. The van der Waals surface area contributed by atoms with E-state index in [-0.39, 0.29) is 17.2 Å². The van der Waals surface area contributed by atoms with Crippen molar-refractivity contribution >= 4 is 5.97 Å². The molecule has 1 heterocycles. The first-order valence-electron chi connectivity index (χ1n) is 10.4. The minimum Gasteiger partial charge on any atom is -0.481 e. The summed E-state index contributed by atoms with van der Waals surface area (Å²) < 4.78 is 13.8. The van der Waals surface area contributed by atoms with Crippen molar-refractivity contribution in [2.75, 3.05) is 13.1 Å². The summed E-state index contributed by atoms with van der Waals surface area (Å²) in [5.74, 6) is 5.77. The first kappa shape index (κ1) is 18.4. The van der Waals surface area contributed by atoms with Gasteiger partial charge in [-0.3, -0.25) is 4.79 Å². The van der Waals surface area contributed by atoms with E-state index in [4.69, 9.17) is 0 Å². The maximum absolute atomic E-state index is 13.8. The first-order valence-corrected chi connectivity index (χ1v) is 10.4.